The van der Waals surface area contributed by atoms with E-state index in [9.17, 15) is 35.5 Å². The third-order valence-electron chi connectivity index (χ3n) is 6.65. The zero-order valence-electron chi connectivity index (χ0n) is 21.9. The summed E-state index contributed by atoms with van der Waals surface area (Å²) in [7, 11) is 1.42. The molecule has 1 aromatic carbocycles. The second-order valence-electron chi connectivity index (χ2n) is 9.43. The Labute approximate surface area is 221 Å². The molecule has 0 bridgehead atoms. The van der Waals surface area contributed by atoms with Crippen molar-refractivity contribution in [2.24, 2.45) is 4.99 Å². The monoisotopic (exact) mass is 558 g/mol. The molecule has 212 valence electrons. The van der Waals surface area contributed by atoms with Gasteiger partial charge < -0.3 is 5.32 Å². The molecule has 12 heteroatoms. The number of rotatable bonds is 9. The molecule has 1 unspecified atom stereocenters. The van der Waals surface area contributed by atoms with Gasteiger partial charge in [-0.3, -0.25) is 14.5 Å². The molecular weight excluding hydrogens is 529 g/mol. The Bertz CT molecular complexity index is 1300. The second-order valence-corrected chi connectivity index (χ2v) is 9.43. The van der Waals surface area contributed by atoms with Crippen LogP contribution in [0.5, 0.6) is 0 Å². The highest BCUT2D eigenvalue weighted by Gasteiger charge is 2.53. The first-order valence-corrected chi connectivity index (χ1v) is 12.2. The van der Waals surface area contributed by atoms with Gasteiger partial charge in [0, 0.05) is 25.1 Å². The highest BCUT2D eigenvalue weighted by atomic mass is 19.4. The highest BCUT2D eigenvalue weighted by molar-refractivity contribution is 6.08. The predicted molar refractivity (Wildman–Crippen MR) is 133 cm³/mol. The maximum absolute atomic E-state index is 14.7. The van der Waals surface area contributed by atoms with Crippen molar-refractivity contribution in [3.05, 3.63) is 76.1 Å². The fraction of sp³-hybridized carbons (Fsp3) is 0.444. The Hall–Kier alpha value is -3.44. The van der Waals surface area contributed by atoms with E-state index in [2.05, 4.69) is 22.0 Å². The number of aromatic nitrogens is 2. The van der Waals surface area contributed by atoms with Crippen molar-refractivity contribution in [2.45, 2.75) is 70.6 Å². The lowest BCUT2D eigenvalue weighted by Gasteiger charge is -2.24. The lowest BCUT2D eigenvalue weighted by atomic mass is 9.92. The van der Waals surface area contributed by atoms with Crippen molar-refractivity contribution < 1.29 is 35.5 Å². The van der Waals surface area contributed by atoms with Gasteiger partial charge in [-0.15, -0.1) is 0 Å². The minimum Gasteiger partial charge on any atom is -0.346 e. The third kappa shape index (κ3) is 6.42. The average Bonchev–Trinajstić information content (AvgIpc) is 3.30. The smallest absolute Gasteiger partial charge is 0.346 e. The van der Waals surface area contributed by atoms with Crippen molar-refractivity contribution in [3.63, 3.8) is 0 Å². The van der Waals surface area contributed by atoms with Crippen molar-refractivity contribution in [1.29, 1.82) is 0 Å². The fourth-order valence-corrected chi connectivity index (χ4v) is 5.05. The first-order valence-electron chi connectivity index (χ1n) is 12.2. The molecule has 3 rings (SSSR count). The van der Waals surface area contributed by atoms with Crippen LogP contribution in [0.15, 0.2) is 47.0 Å². The maximum atomic E-state index is 14.7. The van der Waals surface area contributed by atoms with E-state index in [1.165, 1.54) is 14.0 Å². The standard InChI is InChI=1S/C27H29F7N4O/c1-6-17(7-2)15(4)23(35-5)20(10-16-8-18(28)11-19(29)9-16)36-21(39)13-38-25-22(14(3)12-26(25,30)31)24(37-38)27(32,33)34/h6,8-9,11,14,20H,4,7,10,12-13H2,1-3,5H3,(H,36,39)/b17-6+,35-23?/t14-,20?/m0/s1. The van der Waals surface area contributed by atoms with Crippen LogP contribution in [0.4, 0.5) is 30.7 Å². The molecule has 2 atom stereocenters. The van der Waals surface area contributed by atoms with E-state index in [1.807, 2.05) is 6.92 Å². The normalized spacial score (nSPS) is 18.2. The number of aliphatic imine (C=N–C) groups is 1. The maximum Gasteiger partial charge on any atom is 0.435 e. The summed E-state index contributed by atoms with van der Waals surface area (Å²) in [4.78, 5) is 17.3. The van der Waals surface area contributed by atoms with Crippen molar-refractivity contribution in [3.8, 4) is 0 Å². The number of nitrogens with zero attached hydrogens (tertiary/aromatic N) is 3. The first-order chi connectivity index (χ1) is 18.1. The highest BCUT2D eigenvalue weighted by Crippen LogP contribution is 2.52. The van der Waals surface area contributed by atoms with Gasteiger partial charge in [0.25, 0.3) is 5.92 Å². The number of fused-ring (bicyclic) bond motifs is 1. The average molecular weight is 559 g/mol. The van der Waals surface area contributed by atoms with Gasteiger partial charge in [-0.2, -0.15) is 27.1 Å². The minimum absolute atomic E-state index is 0.157. The van der Waals surface area contributed by atoms with Crippen LogP contribution in [0.3, 0.4) is 0 Å². The van der Waals surface area contributed by atoms with Crippen molar-refractivity contribution in [2.75, 3.05) is 7.05 Å². The zero-order valence-corrected chi connectivity index (χ0v) is 21.9. The molecule has 0 spiro atoms. The third-order valence-corrected chi connectivity index (χ3v) is 6.65. The molecule has 1 aliphatic carbocycles. The van der Waals surface area contributed by atoms with Crippen molar-refractivity contribution >= 4 is 11.6 Å². The molecule has 1 aromatic heterocycles. The minimum atomic E-state index is -4.99. The molecule has 2 aromatic rings. The summed E-state index contributed by atoms with van der Waals surface area (Å²) in [6.45, 7) is 7.96. The molecule has 5 nitrogen and oxygen atoms in total. The van der Waals surface area contributed by atoms with Gasteiger partial charge in [-0.05, 0) is 54.5 Å². The number of carbonyl (C=O) groups excluding carboxylic acids is 1. The number of benzene rings is 1. The summed E-state index contributed by atoms with van der Waals surface area (Å²) in [5, 5.41) is 5.93. The quantitative estimate of drug-likeness (QED) is 0.217. The van der Waals surface area contributed by atoms with E-state index >= 15 is 0 Å². The van der Waals surface area contributed by atoms with Crippen molar-refractivity contribution in [1.82, 2.24) is 15.1 Å². The Morgan fingerprint density at radius 1 is 1.28 bits per heavy atom. The van der Waals surface area contributed by atoms with Gasteiger partial charge in [-0.1, -0.05) is 26.5 Å². The fourth-order valence-electron chi connectivity index (χ4n) is 5.05. The summed E-state index contributed by atoms with van der Waals surface area (Å²) in [5.74, 6) is -7.38. The summed E-state index contributed by atoms with van der Waals surface area (Å²) in [6, 6.07) is 1.76. The van der Waals surface area contributed by atoms with Crippen LogP contribution >= 0.6 is 0 Å². The molecule has 0 saturated heterocycles. The topological polar surface area (TPSA) is 59.3 Å². The van der Waals surface area contributed by atoms with E-state index in [0.717, 1.165) is 17.7 Å². The van der Waals surface area contributed by atoms with E-state index < -0.39 is 71.5 Å². The van der Waals surface area contributed by atoms with Gasteiger partial charge in [-0.25, -0.2) is 8.78 Å². The lowest BCUT2D eigenvalue weighted by Crippen LogP contribution is -2.45. The molecule has 0 aliphatic heterocycles. The molecule has 1 heterocycles. The summed E-state index contributed by atoms with van der Waals surface area (Å²) in [5.41, 5.74) is -1.41. The molecule has 0 fully saturated rings. The number of nitrogens with one attached hydrogen (secondary N) is 1. The number of hydrogen-bond acceptors (Lipinski definition) is 3. The van der Waals surface area contributed by atoms with E-state index in [0.29, 0.717) is 22.7 Å². The number of carbonyl (C=O) groups is 1. The van der Waals surface area contributed by atoms with Crippen LogP contribution in [0.25, 0.3) is 0 Å². The first kappa shape index (κ1) is 30.1. The molecule has 39 heavy (non-hydrogen) atoms. The number of hydrogen-bond donors (Lipinski definition) is 1. The molecule has 1 aliphatic rings. The predicted octanol–water partition coefficient (Wildman–Crippen LogP) is 6.49. The van der Waals surface area contributed by atoms with Gasteiger partial charge in [0.05, 0.1) is 11.8 Å². The van der Waals surface area contributed by atoms with Crippen LogP contribution in [0.2, 0.25) is 0 Å². The Balaban J connectivity index is 1.99. The van der Waals surface area contributed by atoms with Crippen LogP contribution in [0, 0.1) is 11.6 Å². The zero-order chi connectivity index (χ0) is 29.3. The number of allylic oxidation sites excluding steroid dienone is 2. The van der Waals surface area contributed by atoms with E-state index in [-0.39, 0.29) is 17.7 Å². The molecule has 1 N–H and O–H groups in total. The van der Waals surface area contributed by atoms with Gasteiger partial charge in [0.15, 0.2) is 5.69 Å². The van der Waals surface area contributed by atoms with Gasteiger partial charge in [0.1, 0.15) is 23.9 Å². The van der Waals surface area contributed by atoms with Gasteiger partial charge in [0.2, 0.25) is 5.91 Å². The van der Waals surface area contributed by atoms with Gasteiger partial charge >= 0.3 is 6.18 Å². The molecule has 1 amide bonds. The van der Waals surface area contributed by atoms with Crippen LogP contribution in [-0.4, -0.2) is 34.5 Å². The van der Waals surface area contributed by atoms with E-state index in [4.69, 9.17) is 0 Å². The van der Waals surface area contributed by atoms with Crippen LogP contribution < -0.4 is 5.32 Å². The number of halogens is 7. The largest absolute Gasteiger partial charge is 0.435 e. The number of amides is 1. The Kier molecular flexibility index (Phi) is 8.76. The molecule has 0 radical (unpaired) electrons. The SMILES string of the molecule is C=C(C(=NC)C(Cc1cc(F)cc(F)c1)NC(=O)Cn1nc(C(F)(F)F)c2c1C(F)(F)C[C@@H]2C)/C(=C/C)CC. The lowest BCUT2D eigenvalue weighted by molar-refractivity contribution is -0.142. The molecule has 0 saturated carbocycles. The molecular formula is C27H29F7N4O. The van der Waals surface area contributed by atoms with Crippen LogP contribution in [-0.2, 0) is 29.9 Å². The number of alkyl halides is 5. The van der Waals surface area contributed by atoms with E-state index in [1.54, 1.807) is 13.0 Å². The van der Waals surface area contributed by atoms with Crippen LogP contribution in [0.1, 0.15) is 62.0 Å². The summed E-state index contributed by atoms with van der Waals surface area (Å²) in [6.07, 6.45) is -3.66. The summed E-state index contributed by atoms with van der Waals surface area (Å²) < 4.78 is 98.4. The Morgan fingerprint density at radius 2 is 1.90 bits per heavy atom. The Morgan fingerprint density at radius 3 is 2.41 bits per heavy atom. The second kappa shape index (κ2) is 11.4. The summed E-state index contributed by atoms with van der Waals surface area (Å²) >= 11 is 0.